The van der Waals surface area contributed by atoms with Gasteiger partial charge in [-0.05, 0) is 65.2 Å². The van der Waals surface area contributed by atoms with Gasteiger partial charge in [-0.3, -0.25) is 9.78 Å². The lowest BCUT2D eigenvalue weighted by Crippen LogP contribution is -2.48. The van der Waals surface area contributed by atoms with Crippen LogP contribution in [0.5, 0.6) is 0 Å². The summed E-state index contributed by atoms with van der Waals surface area (Å²) in [5, 5.41) is 0. The third-order valence-electron chi connectivity index (χ3n) is 7.60. The van der Waals surface area contributed by atoms with Crippen molar-refractivity contribution in [1.29, 1.82) is 0 Å². The summed E-state index contributed by atoms with van der Waals surface area (Å²) in [5.41, 5.74) is 7.19. The Morgan fingerprint density at radius 3 is 2.00 bits per heavy atom. The number of carbonyl (C=O) groups is 1. The molecule has 0 amide bonds. The Kier molecular flexibility index (Phi) is 9.81. The maximum absolute atomic E-state index is 12.3. The zero-order chi connectivity index (χ0) is 26.3. The molecular weight excluding hydrogens is 458 g/mol. The average molecular weight is 502 g/mol. The minimum absolute atomic E-state index is 0.0310. The zero-order valence-corrected chi connectivity index (χ0v) is 24.1. The van der Waals surface area contributed by atoms with Gasteiger partial charge in [0.05, 0.1) is 11.8 Å². The second-order valence-corrected chi connectivity index (χ2v) is 16.3. The number of aryl methyl sites for hydroxylation is 1. The molecule has 2 aromatic carbocycles. The van der Waals surface area contributed by atoms with Crippen LogP contribution in [-0.2, 0) is 4.43 Å². The van der Waals surface area contributed by atoms with E-state index in [1.54, 1.807) is 6.20 Å². The fourth-order valence-electron chi connectivity index (χ4n) is 5.91. The number of benzene rings is 2. The fourth-order valence-corrected chi connectivity index (χ4v) is 11.5. The first-order valence-electron chi connectivity index (χ1n) is 13.4. The van der Waals surface area contributed by atoms with Crippen molar-refractivity contribution in [2.75, 3.05) is 0 Å². The molecule has 192 valence electrons. The highest BCUT2D eigenvalue weighted by molar-refractivity contribution is 6.77. The van der Waals surface area contributed by atoms with Gasteiger partial charge in [-0.15, -0.1) is 0 Å². The van der Waals surface area contributed by atoms with Gasteiger partial charge in [0.25, 0.3) is 0 Å². The lowest BCUT2D eigenvalue weighted by atomic mass is 10.0. The molecule has 0 unspecified atom stereocenters. The summed E-state index contributed by atoms with van der Waals surface area (Å²) >= 11 is 0. The Labute approximate surface area is 219 Å². The summed E-state index contributed by atoms with van der Waals surface area (Å²) < 4.78 is 6.94. The van der Waals surface area contributed by atoms with E-state index in [2.05, 4.69) is 102 Å². The Balaban J connectivity index is 0.000000233. The molecule has 0 radical (unpaired) electrons. The van der Waals surface area contributed by atoms with Crippen molar-refractivity contribution in [3.63, 3.8) is 0 Å². The van der Waals surface area contributed by atoms with Gasteiger partial charge in [-0.25, -0.2) is 0 Å². The molecule has 1 aliphatic carbocycles. The van der Waals surface area contributed by atoms with Crippen LogP contribution in [0.1, 0.15) is 88.5 Å². The van der Waals surface area contributed by atoms with Crippen molar-refractivity contribution in [3.05, 3.63) is 89.7 Å². The van der Waals surface area contributed by atoms with Gasteiger partial charge in [0.1, 0.15) is 0 Å². The van der Waals surface area contributed by atoms with Gasteiger partial charge >= 0.3 is 0 Å². The molecule has 0 aliphatic heterocycles. The molecule has 1 heterocycles. The Bertz CT molecular complexity index is 1100. The van der Waals surface area contributed by atoms with E-state index in [-0.39, 0.29) is 11.9 Å². The number of pyridine rings is 1. The van der Waals surface area contributed by atoms with Crippen LogP contribution in [0.3, 0.4) is 0 Å². The number of carbonyl (C=O) groups excluding carboxylic acids is 1. The Morgan fingerprint density at radius 1 is 0.806 bits per heavy atom. The largest absolute Gasteiger partial charge is 0.408 e. The summed E-state index contributed by atoms with van der Waals surface area (Å²) in [6, 6.07) is 22.7. The topological polar surface area (TPSA) is 39.2 Å². The van der Waals surface area contributed by atoms with E-state index in [0.29, 0.717) is 23.0 Å². The number of nitrogens with zero attached hydrogens (tertiary/aromatic N) is 1. The highest BCUT2D eigenvalue weighted by atomic mass is 28.4. The van der Waals surface area contributed by atoms with Gasteiger partial charge < -0.3 is 4.43 Å². The third kappa shape index (κ3) is 6.22. The number of hydrogen-bond donors (Lipinski definition) is 0. The second kappa shape index (κ2) is 12.6. The molecule has 0 spiro atoms. The van der Waals surface area contributed by atoms with E-state index < -0.39 is 8.32 Å². The van der Waals surface area contributed by atoms with Crippen molar-refractivity contribution in [2.45, 2.75) is 90.5 Å². The van der Waals surface area contributed by atoms with Crippen LogP contribution in [0.25, 0.3) is 11.1 Å². The average Bonchev–Trinajstić information content (AvgIpc) is 3.01. The van der Waals surface area contributed by atoms with Crippen molar-refractivity contribution >= 4 is 14.1 Å². The van der Waals surface area contributed by atoms with Crippen molar-refractivity contribution in [2.24, 2.45) is 0 Å². The first-order chi connectivity index (χ1) is 17.2. The lowest BCUT2D eigenvalue weighted by molar-refractivity contribution is 0.0981. The molecule has 1 aliphatic rings. The summed E-state index contributed by atoms with van der Waals surface area (Å²) in [7, 11) is -1.98. The van der Waals surface area contributed by atoms with Crippen molar-refractivity contribution in [1.82, 2.24) is 4.98 Å². The van der Waals surface area contributed by atoms with E-state index in [9.17, 15) is 4.79 Å². The lowest BCUT2D eigenvalue weighted by Gasteiger charge is -2.44. The van der Waals surface area contributed by atoms with E-state index in [0.717, 1.165) is 24.1 Å². The normalized spacial score (nSPS) is 15.9. The smallest absolute Gasteiger partial charge is 0.201 e. The highest BCUT2D eigenvalue weighted by Crippen LogP contribution is 2.46. The van der Waals surface area contributed by atoms with Crippen LogP contribution >= 0.6 is 0 Å². The van der Waals surface area contributed by atoms with Gasteiger partial charge in [0.2, 0.25) is 8.32 Å². The molecule has 4 heteroatoms. The summed E-state index contributed by atoms with van der Waals surface area (Å²) in [6.45, 7) is 15.9. The third-order valence-corrected chi connectivity index (χ3v) is 13.7. The van der Waals surface area contributed by atoms with E-state index >= 15 is 0 Å². The standard InChI is InChI=1S/C19H31NO2Si.C13H12/c1-13(2)23(14(3)4,15(5)6)22-18-11-7-10-17(21)16-9-8-12-20-19(16)18;1-11-7-5-6-10-13(11)12-8-3-2-4-9-12/h8-9,12-15,18H,7,10-11H2,1-6H3;2-10H,1H3/t18-;/m1./s1. The molecule has 3 nitrogen and oxygen atoms in total. The van der Waals surface area contributed by atoms with Gasteiger partial charge in [-0.2, -0.15) is 0 Å². The highest BCUT2D eigenvalue weighted by Gasteiger charge is 2.47. The number of ketones is 1. The SMILES string of the molecule is CC(C)[Si](O[C@@H]1CCCC(=O)c2cccnc21)(C(C)C)C(C)C.Cc1ccccc1-c1ccccc1. The van der Waals surface area contributed by atoms with Crippen LogP contribution in [0.15, 0.2) is 72.9 Å². The van der Waals surface area contributed by atoms with Crippen LogP contribution < -0.4 is 0 Å². The number of fused-ring (bicyclic) bond motifs is 1. The van der Waals surface area contributed by atoms with E-state index in [1.165, 1.54) is 16.7 Å². The first kappa shape index (κ1) is 28.0. The number of rotatable bonds is 6. The molecule has 4 rings (SSSR count). The molecule has 0 fully saturated rings. The monoisotopic (exact) mass is 501 g/mol. The van der Waals surface area contributed by atoms with Gasteiger partial charge in [0.15, 0.2) is 5.78 Å². The van der Waals surface area contributed by atoms with E-state index in [1.807, 2.05) is 18.2 Å². The van der Waals surface area contributed by atoms with E-state index in [4.69, 9.17) is 4.43 Å². The number of Topliss-reactive ketones (excluding diaryl/α,β-unsaturated/α-hetero) is 1. The fraction of sp³-hybridized carbons (Fsp3) is 0.438. The molecule has 0 saturated carbocycles. The molecule has 1 aromatic heterocycles. The maximum atomic E-state index is 12.3. The van der Waals surface area contributed by atoms with Crippen LogP contribution in [0, 0.1) is 6.92 Å². The Hall–Kier alpha value is -2.56. The predicted molar refractivity (Wildman–Crippen MR) is 154 cm³/mol. The van der Waals surface area contributed by atoms with Crippen LogP contribution in [0.4, 0.5) is 0 Å². The maximum Gasteiger partial charge on any atom is 0.201 e. The minimum Gasteiger partial charge on any atom is -0.408 e. The summed E-state index contributed by atoms with van der Waals surface area (Å²) in [5.74, 6) is 0.213. The molecule has 0 N–H and O–H groups in total. The summed E-state index contributed by atoms with van der Waals surface area (Å²) in [4.78, 5) is 16.9. The first-order valence-corrected chi connectivity index (χ1v) is 15.6. The Morgan fingerprint density at radius 2 is 1.39 bits per heavy atom. The molecule has 3 aromatic rings. The molecule has 1 atom stereocenters. The number of hydrogen-bond acceptors (Lipinski definition) is 3. The second-order valence-electron chi connectivity index (χ2n) is 10.9. The molecule has 36 heavy (non-hydrogen) atoms. The minimum atomic E-state index is -1.98. The summed E-state index contributed by atoms with van der Waals surface area (Å²) in [6.07, 6.45) is 4.15. The van der Waals surface area contributed by atoms with Crippen LogP contribution in [0.2, 0.25) is 16.6 Å². The zero-order valence-electron chi connectivity index (χ0n) is 23.1. The van der Waals surface area contributed by atoms with Crippen LogP contribution in [-0.4, -0.2) is 19.1 Å². The van der Waals surface area contributed by atoms with Crippen molar-refractivity contribution in [3.8, 4) is 11.1 Å². The molecule has 0 bridgehead atoms. The molecular formula is C32H43NO2Si. The van der Waals surface area contributed by atoms with Gasteiger partial charge in [-0.1, -0.05) is 96.1 Å². The predicted octanol–water partition coefficient (Wildman–Crippen LogP) is 9.34. The van der Waals surface area contributed by atoms with Gasteiger partial charge in [0, 0.05) is 18.2 Å². The van der Waals surface area contributed by atoms with Crippen molar-refractivity contribution < 1.29 is 9.22 Å². The molecule has 0 saturated heterocycles. The number of aromatic nitrogens is 1. The quantitative estimate of drug-likeness (QED) is 0.249.